The Balaban J connectivity index is 1.35. The van der Waals surface area contributed by atoms with Crippen molar-refractivity contribution in [3.8, 4) is 11.5 Å². The highest BCUT2D eigenvalue weighted by Gasteiger charge is 2.18. The van der Waals surface area contributed by atoms with Gasteiger partial charge in [0.15, 0.2) is 17.3 Å². The summed E-state index contributed by atoms with van der Waals surface area (Å²) in [6, 6.07) is 12.2. The molecule has 5 nitrogen and oxygen atoms in total. The number of hydrogen-bond acceptors (Lipinski definition) is 5. The van der Waals surface area contributed by atoms with Crippen LogP contribution in [0.25, 0.3) is 0 Å². The number of rotatable bonds is 5. The number of fused-ring (bicyclic) bond motifs is 2. The maximum atomic E-state index is 12.4. The Bertz CT molecular complexity index is 788. The Morgan fingerprint density at radius 2 is 2.08 bits per heavy atom. The fraction of sp³-hybridized carbons (Fsp3) is 0.316. The zero-order valence-corrected chi connectivity index (χ0v) is 13.6. The van der Waals surface area contributed by atoms with Crippen LogP contribution in [0.4, 0.5) is 5.69 Å². The van der Waals surface area contributed by atoms with E-state index in [0.29, 0.717) is 19.1 Å². The van der Waals surface area contributed by atoms with Crippen molar-refractivity contribution in [2.24, 2.45) is 0 Å². The molecule has 0 spiro atoms. The van der Waals surface area contributed by atoms with E-state index in [0.717, 1.165) is 34.7 Å². The first-order valence-corrected chi connectivity index (χ1v) is 8.21. The molecule has 1 atom stereocenters. The molecule has 124 valence electrons. The average molecular weight is 324 g/mol. The lowest BCUT2D eigenvalue weighted by Crippen LogP contribution is -2.22. The Kier molecular flexibility index (Phi) is 3.86. The van der Waals surface area contributed by atoms with Gasteiger partial charge in [0, 0.05) is 23.8 Å². The summed E-state index contributed by atoms with van der Waals surface area (Å²) >= 11 is 0. The first-order chi connectivity index (χ1) is 11.7. The molecule has 2 aliphatic heterocycles. The van der Waals surface area contributed by atoms with Gasteiger partial charge in [0.2, 0.25) is 6.79 Å². The fourth-order valence-electron chi connectivity index (χ4n) is 3.20. The van der Waals surface area contributed by atoms with Crippen molar-refractivity contribution in [1.82, 2.24) is 5.32 Å². The minimum atomic E-state index is 0.109. The van der Waals surface area contributed by atoms with Crippen LogP contribution in [-0.2, 0) is 13.0 Å². The lowest BCUT2D eigenvalue weighted by atomic mass is 10.0. The van der Waals surface area contributed by atoms with Crippen LogP contribution in [0, 0.1) is 0 Å². The molecule has 5 heteroatoms. The molecule has 2 heterocycles. The predicted molar refractivity (Wildman–Crippen MR) is 91.8 cm³/mol. The standard InChI is InChI=1S/C19H20N2O3/c1-12-6-15-8-14(3-4-16(15)21-12)17(22)10-20-9-13-2-5-18-19(7-13)24-11-23-18/h2-5,7-8,12,20-21H,6,9-11H2,1H3. The summed E-state index contributed by atoms with van der Waals surface area (Å²) in [5.41, 5.74) is 4.21. The van der Waals surface area contributed by atoms with E-state index in [9.17, 15) is 4.79 Å². The topological polar surface area (TPSA) is 59.6 Å². The molecule has 0 bridgehead atoms. The molecule has 0 fully saturated rings. The predicted octanol–water partition coefficient (Wildman–Crippen LogP) is 2.74. The normalized spacial score (nSPS) is 17.5. The number of anilines is 1. The molecule has 24 heavy (non-hydrogen) atoms. The van der Waals surface area contributed by atoms with Gasteiger partial charge in [0.1, 0.15) is 0 Å². The van der Waals surface area contributed by atoms with Crippen molar-refractivity contribution < 1.29 is 14.3 Å². The number of Topliss-reactive ketones (excluding diaryl/α,β-unsaturated/α-hetero) is 1. The van der Waals surface area contributed by atoms with Crippen molar-refractivity contribution in [3.05, 3.63) is 53.1 Å². The molecular weight excluding hydrogens is 304 g/mol. The minimum Gasteiger partial charge on any atom is -0.454 e. The Hall–Kier alpha value is -2.53. The molecule has 0 aromatic heterocycles. The lowest BCUT2D eigenvalue weighted by molar-refractivity contribution is 0.0990. The van der Waals surface area contributed by atoms with Gasteiger partial charge in [-0.1, -0.05) is 6.07 Å². The summed E-state index contributed by atoms with van der Waals surface area (Å²) in [7, 11) is 0. The van der Waals surface area contributed by atoms with Crippen molar-refractivity contribution in [1.29, 1.82) is 0 Å². The largest absolute Gasteiger partial charge is 0.454 e. The summed E-state index contributed by atoms with van der Waals surface area (Å²) in [5, 5.41) is 6.61. The second-order valence-corrected chi connectivity index (χ2v) is 6.34. The van der Waals surface area contributed by atoms with E-state index in [1.54, 1.807) is 0 Å². The summed E-state index contributed by atoms with van der Waals surface area (Å²) in [4.78, 5) is 12.4. The molecule has 2 aromatic carbocycles. The molecular formula is C19H20N2O3. The van der Waals surface area contributed by atoms with Crippen LogP contribution in [-0.4, -0.2) is 25.2 Å². The first kappa shape index (κ1) is 15.0. The summed E-state index contributed by atoms with van der Waals surface area (Å²) in [6.07, 6.45) is 0.973. The summed E-state index contributed by atoms with van der Waals surface area (Å²) in [5.74, 6) is 1.65. The molecule has 0 amide bonds. The van der Waals surface area contributed by atoms with Gasteiger partial charge in [-0.05, 0) is 54.8 Å². The smallest absolute Gasteiger partial charge is 0.231 e. The molecule has 1 unspecified atom stereocenters. The van der Waals surface area contributed by atoms with Gasteiger partial charge in [-0.2, -0.15) is 0 Å². The maximum Gasteiger partial charge on any atom is 0.231 e. The third kappa shape index (κ3) is 2.95. The van der Waals surface area contributed by atoms with E-state index >= 15 is 0 Å². The van der Waals surface area contributed by atoms with Gasteiger partial charge in [0.25, 0.3) is 0 Å². The van der Waals surface area contributed by atoms with Gasteiger partial charge >= 0.3 is 0 Å². The third-order valence-corrected chi connectivity index (χ3v) is 4.41. The van der Waals surface area contributed by atoms with Crippen LogP contribution in [0.5, 0.6) is 11.5 Å². The Morgan fingerprint density at radius 3 is 3.00 bits per heavy atom. The maximum absolute atomic E-state index is 12.4. The Morgan fingerprint density at radius 1 is 1.21 bits per heavy atom. The molecule has 0 saturated heterocycles. The Labute approximate surface area is 141 Å². The second kappa shape index (κ2) is 6.17. The highest BCUT2D eigenvalue weighted by atomic mass is 16.7. The molecule has 2 N–H and O–H groups in total. The zero-order valence-electron chi connectivity index (χ0n) is 13.6. The van der Waals surface area contributed by atoms with E-state index in [2.05, 4.69) is 17.6 Å². The van der Waals surface area contributed by atoms with Crippen molar-refractivity contribution >= 4 is 11.5 Å². The van der Waals surface area contributed by atoms with Gasteiger partial charge < -0.3 is 20.1 Å². The minimum absolute atomic E-state index is 0.109. The van der Waals surface area contributed by atoms with Crippen LogP contribution in [0.15, 0.2) is 36.4 Å². The summed E-state index contributed by atoms with van der Waals surface area (Å²) in [6.45, 7) is 3.35. The van der Waals surface area contributed by atoms with E-state index in [-0.39, 0.29) is 12.6 Å². The average Bonchev–Trinajstić information content (AvgIpc) is 3.18. The van der Waals surface area contributed by atoms with Gasteiger partial charge in [-0.25, -0.2) is 0 Å². The number of carbonyl (C=O) groups excluding carboxylic acids is 1. The monoisotopic (exact) mass is 324 g/mol. The van der Waals surface area contributed by atoms with Crippen LogP contribution in [0.1, 0.15) is 28.4 Å². The van der Waals surface area contributed by atoms with Crippen LogP contribution in [0.3, 0.4) is 0 Å². The van der Waals surface area contributed by atoms with Gasteiger partial charge in [-0.3, -0.25) is 4.79 Å². The highest BCUT2D eigenvalue weighted by molar-refractivity contribution is 5.98. The van der Waals surface area contributed by atoms with E-state index < -0.39 is 0 Å². The number of ketones is 1. The zero-order chi connectivity index (χ0) is 16.5. The van der Waals surface area contributed by atoms with Gasteiger partial charge in [-0.15, -0.1) is 0 Å². The highest BCUT2D eigenvalue weighted by Crippen LogP contribution is 2.32. The number of benzene rings is 2. The molecule has 0 radical (unpaired) electrons. The van der Waals surface area contributed by atoms with Crippen LogP contribution >= 0.6 is 0 Å². The molecule has 2 aliphatic rings. The molecule has 2 aromatic rings. The second-order valence-electron chi connectivity index (χ2n) is 6.34. The van der Waals surface area contributed by atoms with E-state index in [4.69, 9.17) is 9.47 Å². The molecule has 0 aliphatic carbocycles. The molecule has 0 saturated carbocycles. The van der Waals surface area contributed by atoms with Crippen LogP contribution < -0.4 is 20.1 Å². The number of carbonyl (C=O) groups is 1. The van der Waals surface area contributed by atoms with E-state index in [1.165, 1.54) is 5.56 Å². The molecule has 4 rings (SSSR count). The number of ether oxygens (including phenoxy) is 2. The van der Waals surface area contributed by atoms with E-state index in [1.807, 2.05) is 36.4 Å². The van der Waals surface area contributed by atoms with Crippen LogP contribution in [0.2, 0.25) is 0 Å². The van der Waals surface area contributed by atoms with Crippen molar-refractivity contribution in [2.45, 2.75) is 25.9 Å². The summed E-state index contributed by atoms with van der Waals surface area (Å²) < 4.78 is 10.7. The van der Waals surface area contributed by atoms with Crippen molar-refractivity contribution in [3.63, 3.8) is 0 Å². The fourth-order valence-corrected chi connectivity index (χ4v) is 3.20. The third-order valence-electron chi connectivity index (χ3n) is 4.41. The number of hydrogen-bond donors (Lipinski definition) is 2. The number of nitrogens with one attached hydrogen (secondary N) is 2. The quantitative estimate of drug-likeness (QED) is 0.828. The SMILES string of the molecule is CC1Cc2cc(C(=O)CNCc3ccc4c(c3)OCO4)ccc2N1. The first-order valence-electron chi connectivity index (χ1n) is 8.21. The lowest BCUT2D eigenvalue weighted by Gasteiger charge is -2.07. The van der Waals surface area contributed by atoms with Crippen molar-refractivity contribution in [2.75, 3.05) is 18.7 Å². The van der Waals surface area contributed by atoms with Gasteiger partial charge in [0.05, 0.1) is 6.54 Å².